The Labute approximate surface area is 89.9 Å². The highest BCUT2D eigenvalue weighted by atomic mass is 16.5. The first-order valence-electron chi connectivity index (χ1n) is 4.75. The molecular weight excluding hydrogens is 188 g/mol. The minimum absolute atomic E-state index is 0.315. The number of carbonyl (C=O) groups excluding carboxylic acids is 1. The van der Waals surface area contributed by atoms with E-state index in [-0.39, 0.29) is 5.97 Å². The first-order chi connectivity index (χ1) is 7.27. The SMILES string of the molecule is C/C=C(\C=C\c1ccccc1)C(=O)OC. The molecule has 78 valence electrons. The van der Waals surface area contributed by atoms with E-state index in [0.717, 1.165) is 5.56 Å². The molecule has 0 N–H and O–H groups in total. The second-order valence-corrected chi connectivity index (χ2v) is 2.98. The van der Waals surface area contributed by atoms with Crippen LogP contribution in [0.15, 0.2) is 48.1 Å². The van der Waals surface area contributed by atoms with Gasteiger partial charge in [0.25, 0.3) is 0 Å². The molecule has 0 amide bonds. The minimum Gasteiger partial charge on any atom is -0.465 e. The number of carbonyl (C=O) groups is 1. The van der Waals surface area contributed by atoms with Gasteiger partial charge in [-0.2, -0.15) is 0 Å². The fourth-order valence-electron chi connectivity index (χ4n) is 1.15. The van der Waals surface area contributed by atoms with Gasteiger partial charge in [-0.05, 0) is 18.6 Å². The average molecular weight is 202 g/mol. The number of benzene rings is 1. The van der Waals surface area contributed by atoms with Gasteiger partial charge in [0, 0.05) is 0 Å². The molecule has 1 rings (SSSR count). The van der Waals surface area contributed by atoms with Crippen LogP contribution in [0.1, 0.15) is 12.5 Å². The van der Waals surface area contributed by atoms with Gasteiger partial charge in [0.05, 0.1) is 12.7 Å². The molecule has 0 radical (unpaired) electrons. The molecule has 15 heavy (non-hydrogen) atoms. The Kier molecular flexibility index (Phi) is 4.35. The third kappa shape index (κ3) is 3.43. The van der Waals surface area contributed by atoms with E-state index in [4.69, 9.17) is 0 Å². The highest BCUT2D eigenvalue weighted by Crippen LogP contribution is 2.06. The van der Waals surface area contributed by atoms with Gasteiger partial charge in [0.15, 0.2) is 0 Å². The van der Waals surface area contributed by atoms with E-state index in [0.29, 0.717) is 5.57 Å². The summed E-state index contributed by atoms with van der Waals surface area (Å²) >= 11 is 0. The molecule has 1 aromatic carbocycles. The van der Waals surface area contributed by atoms with Crippen LogP contribution in [-0.2, 0) is 9.53 Å². The van der Waals surface area contributed by atoms with Gasteiger partial charge in [-0.25, -0.2) is 4.79 Å². The van der Waals surface area contributed by atoms with E-state index < -0.39 is 0 Å². The van der Waals surface area contributed by atoms with Crippen LogP contribution in [0.4, 0.5) is 0 Å². The molecule has 0 aromatic heterocycles. The molecule has 0 saturated heterocycles. The number of rotatable bonds is 3. The molecule has 0 heterocycles. The van der Waals surface area contributed by atoms with Gasteiger partial charge in [0.2, 0.25) is 0 Å². The molecule has 2 heteroatoms. The molecular formula is C13H14O2. The summed E-state index contributed by atoms with van der Waals surface area (Å²) < 4.78 is 4.63. The summed E-state index contributed by atoms with van der Waals surface area (Å²) in [4.78, 5) is 11.2. The highest BCUT2D eigenvalue weighted by molar-refractivity contribution is 5.92. The van der Waals surface area contributed by atoms with Gasteiger partial charge in [-0.15, -0.1) is 0 Å². The maximum Gasteiger partial charge on any atom is 0.337 e. The van der Waals surface area contributed by atoms with Crippen molar-refractivity contribution in [3.8, 4) is 0 Å². The van der Waals surface area contributed by atoms with Gasteiger partial charge in [-0.1, -0.05) is 42.5 Å². The molecule has 0 aliphatic carbocycles. The number of hydrogen-bond donors (Lipinski definition) is 0. The van der Waals surface area contributed by atoms with E-state index in [9.17, 15) is 4.79 Å². The van der Waals surface area contributed by atoms with Crippen LogP contribution in [0.3, 0.4) is 0 Å². The lowest BCUT2D eigenvalue weighted by Gasteiger charge is -1.98. The van der Waals surface area contributed by atoms with Gasteiger partial charge in [0.1, 0.15) is 0 Å². The zero-order valence-electron chi connectivity index (χ0n) is 8.94. The summed E-state index contributed by atoms with van der Waals surface area (Å²) in [7, 11) is 1.38. The van der Waals surface area contributed by atoms with E-state index in [1.165, 1.54) is 7.11 Å². The third-order valence-corrected chi connectivity index (χ3v) is 1.99. The maximum absolute atomic E-state index is 11.2. The van der Waals surface area contributed by atoms with Gasteiger partial charge < -0.3 is 4.74 Å². The van der Waals surface area contributed by atoms with Crippen LogP contribution in [0, 0.1) is 0 Å². The molecule has 1 aromatic rings. The van der Waals surface area contributed by atoms with Crippen molar-refractivity contribution >= 4 is 12.0 Å². The summed E-state index contributed by atoms with van der Waals surface area (Å²) in [5.41, 5.74) is 1.61. The Balaban J connectivity index is 2.77. The van der Waals surface area contributed by atoms with Crippen molar-refractivity contribution in [2.75, 3.05) is 7.11 Å². The summed E-state index contributed by atoms with van der Waals surface area (Å²) in [6.07, 6.45) is 5.36. The monoisotopic (exact) mass is 202 g/mol. The third-order valence-electron chi connectivity index (χ3n) is 1.99. The second kappa shape index (κ2) is 5.81. The summed E-state index contributed by atoms with van der Waals surface area (Å²) in [5, 5.41) is 0. The highest BCUT2D eigenvalue weighted by Gasteiger charge is 2.02. The number of ether oxygens (including phenoxy) is 1. The number of methoxy groups -OCH3 is 1. The Morgan fingerprint density at radius 2 is 1.93 bits per heavy atom. The lowest BCUT2D eigenvalue weighted by atomic mass is 10.1. The van der Waals surface area contributed by atoms with E-state index >= 15 is 0 Å². The smallest absolute Gasteiger partial charge is 0.337 e. The van der Waals surface area contributed by atoms with Gasteiger partial charge in [-0.3, -0.25) is 0 Å². The fourth-order valence-corrected chi connectivity index (χ4v) is 1.15. The predicted molar refractivity (Wildman–Crippen MR) is 61.2 cm³/mol. The van der Waals surface area contributed by atoms with E-state index in [1.807, 2.05) is 43.3 Å². The van der Waals surface area contributed by atoms with Crippen molar-refractivity contribution in [3.63, 3.8) is 0 Å². The first-order valence-corrected chi connectivity index (χ1v) is 4.75. The quantitative estimate of drug-likeness (QED) is 0.428. The van der Waals surface area contributed by atoms with Crippen molar-refractivity contribution in [2.24, 2.45) is 0 Å². The maximum atomic E-state index is 11.2. The molecule has 2 nitrogen and oxygen atoms in total. The molecule has 0 aliphatic heterocycles. The largest absolute Gasteiger partial charge is 0.465 e. The zero-order valence-corrected chi connectivity index (χ0v) is 8.94. The molecule has 0 aliphatic rings. The zero-order chi connectivity index (χ0) is 11.1. The number of esters is 1. The molecule has 0 saturated carbocycles. The molecule has 0 spiro atoms. The normalized spacial score (nSPS) is 11.7. The fraction of sp³-hybridized carbons (Fsp3) is 0.154. The summed E-state index contributed by atoms with van der Waals surface area (Å²) in [5.74, 6) is -0.315. The van der Waals surface area contributed by atoms with E-state index in [2.05, 4.69) is 4.74 Å². The Morgan fingerprint density at radius 1 is 1.27 bits per heavy atom. The van der Waals surface area contributed by atoms with Crippen LogP contribution in [-0.4, -0.2) is 13.1 Å². The summed E-state index contributed by atoms with van der Waals surface area (Å²) in [6.45, 7) is 1.81. The van der Waals surface area contributed by atoms with Crippen molar-refractivity contribution in [1.82, 2.24) is 0 Å². The second-order valence-electron chi connectivity index (χ2n) is 2.98. The molecule has 0 unspecified atom stereocenters. The molecule has 0 fully saturated rings. The van der Waals surface area contributed by atoms with Crippen molar-refractivity contribution in [1.29, 1.82) is 0 Å². The van der Waals surface area contributed by atoms with Crippen molar-refractivity contribution in [3.05, 3.63) is 53.6 Å². The number of allylic oxidation sites excluding steroid dienone is 1. The van der Waals surface area contributed by atoms with Crippen molar-refractivity contribution < 1.29 is 9.53 Å². The summed E-state index contributed by atoms with van der Waals surface area (Å²) in [6, 6.07) is 9.80. The van der Waals surface area contributed by atoms with Crippen LogP contribution in [0.2, 0.25) is 0 Å². The number of hydrogen-bond acceptors (Lipinski definition) is 2. The van der Waals surface area contributed by atoms with Crippen LogP contribution in [0.5, 0.6) is 0 Å². The van der Waals surface area contributed by atoms with Crippen LogP contribution in [0.25, 0.3) is 6.08 Å². The van der Waals surface area contributed by atoms with Gasteiger partial charge >= 0.3 is 5.97 Å². The lowest BCUT2D eigenvalue weighted by Crippen LogP contribution is -2.01. The molecule has 0 atom stereocenters. The Bertz CT molecular complexity index is 375. The topological polar surface area (TPSA) is 26.3 Å². The first kappa shape index (κ1) is 11.2. The standard InChI is InChI=1S/C13H14O2/c1-3-12(13(14)15-2)10-9-11-7-5-4-6-8-11/h3-10H,1-2H3/b10-9+,12-3+. The minimum atomic E-state index is -0.315. The van der Waals surface area contributed by atoms with Crippen molar-refractivity contribution in [2.45, 2.75) is 6.92 Å². The van der Waals surface area contributed by atoms with Crippen LogP contribution >= 0.6 is 0 Å². The Morgan fingerprint density at radius 3 is 2.47 bits per heavy atom. The predicted octanol–water partition coefficient (Wildman–Crippen LogP) is 2.82. The van der Waals surface area contributed by atoms with Crippen LogP contribution < -0.4 is 0 Å². The average Bonchev–Trinajstić information content (AvgIpc) is 2.31. The Hall–Kier alpha value is -1.83. The molecule has 0 bridgehead atoms. The lowest BCUT2D eigenvalue weighted by molar-refractivity contribution is -0.135. The van der Waals surface area contributed by atoms with E-state index in [1.54, 1.807) is 12.2 Å².